The second kappa shape index (κ2) is 11.5. The number of ether oxygens (including phenoxy) is 1. The van der Waals surface area contributed by atoms with Crippen LogP contribution in [0.15, 0.2) is 48.5 Å². The molecule has 1 amide bonds. The Bertz CT molecular complexity index is 1020. The van der Waals surface area contributed by atoms with E-state index in [4.69, 9.17) is 4.74 Å². The number of rotatable bonds is 10. The highest BCUT2D eigenvalue weighted by Gasteiger charge is 2.31. The average Bonchev–Trinajstić information content (AvgIpc) is 2.81. The van der Waals surface area contributed by atoms with Gasteiger partial charge in [0.1, 0.15) is 11.8 Å². The molecule has 2 aromatic carbocycles. The molecule has 0 aromatic heterocycles. The van der Waals surface area contributed by atoms with E-state index in [0.29, 0.717) is 24.4 Å². The highest BCUT2D eigenvalue weighted by atomic mass is 32.2. The Hall–Kier alpha value is -2.58. The number of methoxy groups -OCH3 is 1. The van der Waals surface area contributed by atoms with Crippen LogP contribution < -0.4 is 14.4 Å². The van der Waals surface area contributed by atoms with Gasteiger partial charge in [0, 0.05) is 13.1 Å². The summed E-state index contributed by atoms with van der Waals surface area (Å²) in [6, 6.07) is 14.1. The number of likely N-dealkylation sites (tertiary alicyclic amines) is 1. The van der Waals surface area contributed by atoms with Crippen molar-refractivity contribution in [3.8, 4) is 5.75 Å². The number of hydrogen-bond acceptors (Lipinski definition) is 5. The van der Waals surface area contributed by atoms with Gasteiger partial charge in [0.05, 0.1) is 19.1 Å². The van der Waals surface area contributed by atoms with Crippen molar-refractivity contribution in [3.05, 3.63) is 59.7 Å². The molecule has 180 valence electrons. The number of carbonyl (C=O) groups is 1. The summed E-state index contributed by atoms with van der Waals surface area (Å²) in [4.78, 5) is 15.5. The van der Waals surface area contributed by atoms with E-state index in [1.165, 1.54) is 29.1 Å². The number of carbonyl (C=O) groups excluding carboxylic acids is 1. The van der Waals surface area contributed by atoms with Crippen molar-refractivity contribution in [1.29, 1.82) is 0 Å². The van der Waals surface area contributed by atoms with Gasteiger partial charge in [0.25, 0.3) is 0 Å². The van der Waals surface area contributed by atoms with E-state index in [-0.39, 0.29) is 5.91 Å². The molecule has 33 heavy (non-hydrogen) atoms. The summed E-state index contributed by atoms with van der Waals surface area (Å²) in [5, 5.41) is 2.94. The second-order valence-corrected chi connectivity index (χ2v) is 10.4. The SMILES string of the molecule is CC[C@H](C(=O)NCc1cccc(CN2CCCCC2)c1)N(c1ccc(OC)cc1)S(C)(=O)=O. The number of sulfonamides is 1. The van der Waals surface area contributed by atoms with Gasteiger partial charge in [-0.25, -0.2) is 8.42 Å². The number of anilines is 1. The molecule has 0 bridgehead atoms. The van der Waals surface area contributed by atoms with Crippen molar-refractivity contribution in [3.63, 3.8) is 0 Å². The maximum absolute atomic E-state index is 13.1. The first kappa shape index (κ1) is 25.1. The number of benzene rings is 2. The summed E-state index contributed by atoms with van der Waals surface area (Å²) >= 11 is 0. The molecule has 1 aliphatic rings. The minimum atomic E-state index is -3.67. The van der Waals surface area contributed by atoms with Crippen LogP contribution in [0.1, 0.15) is 43.7 Å². The van der Waals surface area contributed by atoms with Crippen molar-refractivity contribution in [2.24, 2.45) is 0 Å². The third-order valence-electron chi connectivity index (χ3n) is 5.97. The Morgan fingerprint density at radius 1 is 1.09 bits per heavy atom. The van der Waals surface area contributed by atoms with Gasteiger partial charge in [-0.1, -0.05) is 37.6 Å². The van der Waals surface area contributed by atoms with E-state index >= 15 is 0 Å². The van der Waals surface area contributed by atoms with Gasteiger partial charge in [0.15, 0.2) is 0 Å². The molecule has 8 heteroatoms. The molecular formula is C25H35N3O4S. The van der Waals surface area contributed by atoms with Crippen molar-refractivity contribution in [2.45, 2.75) is 51.7 Å². The largest absolute Gasteiger partial charge is 0.497 e. The third kappa shape index (κ3) is 6.95. The molecule has 2 aromatic rings. The summed E-state index contributed by atoms with van der Waals surface area (Å²) in [5.41, 5.74) is 2.67. The predicted octanol–water partition coefficient (Wildman–Crippen LogP) is 3.54. The fourth-order valence-electron chi connectivity index (χ4n) is 4.31. The van der Waals surface area contributed by atoms with Crippen molar-refractivity contribution >= 4 is 21.6 Å². The Morgan fingerprint density at radius 2 is 1.76 bits per heavy atom. The van der Waals surface area contributed by atoms with Crippen LogP contribution in [-0.4, -0.2) is 51.7 Å². The average molecular weight is 474 g/mol. The molecule has 1 N–H and O–H groups in total. The molecule has 3 rings (SSSR count). The van der Waals surface area contributed by atoms with E-state index in [0.717, 1.165) is 31.5 Å². The zero-order valence-electron chi connectivity index (χ0n) is 19.8. The van der Waals surface area contributed by atoms with Gasteiger partial charge in [-0.15, -0.1) is 0 Å². The van der Waals surface area contributed by atoms with Crippen LogP contribution >= 0.6 is 0 Å². The lowest BCUT2D eigenvalue weighted by molar-refractivity contribution is -0.122. The number of piperidine rings is 1. The molecule has 7 nitrogen and oxygen atoms in total. The van der Waals surface area contributed by atoms with E-state index in [1.54, 1.807) is 31.4 Å². The highest BCUT2D eigenvalue weighted by Crippen LogP contribution is 2.25. The molecule has 1 saturated heterocycles. The number of amides is 1. The molecule has 0 radical (unpaired) electrons. The number of nitrogens with one attached hydrogen (secondary N) is 1. The standard InChI is InChI=1S/C25H35N3O4S/c1-4-24(28(33(3,30)31)22-11-13-23(32-2)14-12-22)25(29)26-18-20-9-8-10-21(17-20)19-27-15-6-5-7-16-27/h8-14,17,24H,4-7,15-16,18-19H2,1-3H3,(H,26,29)/t24-/m1/s1. The first-order valence-electron chi connectivity index (χ1n) is 11.5. The molecule has 0 spiro atoms. The summed E-state index contributed by atoms with van der Waals surface area (Å²) in [5.74, 6) is 0.300. The van der Waals surface area contributed by atoms with Crippen LogP contribution in [-0.2, 0) is 27.9 Å². The van der Waals surface area contributed by atoms with Crippen LogP contribution in [0.5, 0.6) is 5.75 Å². The first-order valence-corrected chi connectivity index (χ1v) is 13.4. The van der Waals surface area contributed by atoms with Crippen molar-refractivity contribution < 1.29 is 17.9 Å². The third-order valence-corrected chi connectivity index (χ3v) is 7.15. The van der Waals surface area contributed by atoms with Crippen LogP contribution in [0, 0.1) is 0 Å². The van der Waals surface area contributed by atoms with Crippen molar-refractivity contribution in [1.82, 2.24) is 10.2 Å². The minimum Gasteiger partial charge on any atom is -0.497 e. The fourth-order valence-corrected chi connectivity index (χ4v) is 5.52. The zero-order valence-corrected chi connectivity index (χ0v) is 20.6. The van der Waals surface area contributed by atoms with E-state index < -0.39 is 16.1 Å². The van der Waals surface area contributed by atoms with Gasteiger partial charge in [0.2, 0.25) is 15.9 Å². The zero-order chi connectivity index (χ0) is 23.8. The molecule has 1 heterocycles. The van der Waals surface area contributed by atoms with Crippen LogP contribution in [0.25, 0.3) is 0 Å². The highest BCUT2D eigenvalue weighted by molar-refractivity contribution is 7.92. The molecular weight excluding hydrogens is 438 g/mol. The lowest BCUT2D eigenvalue weighted by Crippen LogP contribution is -2.49. The second-order valence-electron chi connectivity index (χ2n) is 8.56. The first-order chi connectivity index (χ1) is 15.8. The van der Waals surface area contributed by atoms with Gasteiger partial charge in [-0.3, -0.25) is 14.0 Å². The Morgan fingerprint density at radius 3 is 2.36 bits per heavy atom. The summed E-state index contributed by atoms with van der Waals surface area (Å²) in [6.45, 7) is 5.34. The maximum Gasteiger partial charge on any atom is 0.244 e. The van der Waals surface area contributed by atoms with Crippen LogP contribution in [0.4, 0.5) is 5.69 Å². The van der Waals surface area contributed by atoms with Gasteiger partial charge in [-0.2, -0.15) is 0 Å². The summed E-state index contributed by atoms with van der Waals surface area (Å²) < 4.78 is 31.6. The van der Waals surface area contributed by atoms with Gasteiger partial charge < -0.3 is 10.1 Å². The lowest BCUT2D eigenvalue weighted by atomic mass is 10.1. The monoisotopic (exact) mass is 473 g/mol. The minimum absolute atomic E-state index is 0.319. The van der Waals surface area contributed by atoms with Crippen LogP contribution in [0.2, 0.25) is 0 Å². The Labute approximate surface area is 197 Å². The van der Waals surface area contributed by atoms with Gasteiger partial charge in [-0.05, 0) is 67.7 Å². The Balaban J connectivity index is 1.69. The lowest BCUT2D eigenvalue weighted by Gasteiger charge is -2.30. The quantitative estimate of drug-likeness (QED) is 0.571. The topological polar surface area (TPSA) is 79.0 Å². The normalized spacial score (nSPS) is 15.6. The molecule has 1 aliphatic heterocycles. The van der Waals surface area contributed by atoms with Crippen LogP contribution in [0.3, 0.4) is 0 Å². The molecule has 0 saturated carbocycles. The predicted molar refractivity (Wildman–Crippen MR) is 132 cm³/mol. The van der Waals surface area contributed by atoms with E-state index in [1.807, 2.05) is 19.1 Å². The number of nitrogens with zero attached hydrogens (tertiary/aromatic N) is 2. The molecule has 1 atom stereocenters. The maximum atomic E-state index is 13.1. The Kier molecular flexibility index (Phi) is 8.74. The van der Waals surface area contributed by atoms with E-state index in [2.05, 4.69) is 22.3 Å². The number of hydrogen-bond donors (Lipinski definition) is 1. The summed E-state index contributed by atoms with van der Waals surface area (Å²) in [7, 11) is -2.13. The van der Waals surface area contributed by atoms with E-state index in [9.17, 15) is 13.2 Å². The van der Waals surface area contributed by atoms with Crippen molar-refractivity contribution in [2.75, 3.05) is 30.8 Å². The molecule has 0 aliphatic carbocycles. The smallest absolute Gasteiger partial charge is 0.244 e. The molecule has 1 fully saturated rings. The fraction of sp³-hybridized carbons (Fsp3) is 0.480. The van der Waals surface area contributed by atoms with Gasteiger partial charge >= 0.3 is 0 Å². The molecule has 0 unspecified atom stereocenters. The summed E-state index contributed by atoms with van der Waals surface area (Å²) in [6.07, 6.45) is 5.28.